The summed E-state index contributed by atoms with van der Waals surface area (Å²) in [6.45, 7) is 3.77. The monoisotopic (exact) mass is 329 g/mol. The lowest BCUT2D eigenvalue weighted by Crippen LogP contribution is -2.05. The molecule has 0 aliphatic carbocycles. The molecule has 0 bridgehead atoms. The molecule has 9 heteroatoms. The summed E-state index contributed by atoms with van der Waals surface area (Å²) >= 11 is 0. The van der Waals surface area contributed by atoms with Crippen LogP contribution in [0.4, 0.5) is 5.69 Å². The van der Waals surface area contributed by atoms with Gasteiger partial charge in [0.2, 0.25) is 0 Å². The van der Waals surface area contributed by atoms with E-state index in [-0.39, 0.29) is 12.3 Å². The van der Waals surface area contributed by atoms with Crippen molar-refractivity contribution >= 4 is 17.3 Å². The Labute approximate surface area is 136 Å². The highest BCUT2D eigenvalue weighted by Gasteiger charge is 2.21. The molecule has 0 aliphatic rings. The molecule has 1 N–H and O–H groups in total. The number of ether oxygens (including phenoxy) is 1. The molecule has 0 amide bonds. The lowest BCUT2D eigenvalue weighted by molar-refractivity contribution is -0.384. The molecule has 3 rings (SSSR count). The van der Waals surface area contributed by atoms with E-state index in [4.69, 9.17) is 4.74 Å². The largest absolute Gasteiger partial charge is 0.462 e. The molecule has 24 heavy (non-hydrogen) atoms. The maximum absolute atomic E-state index is 12.0. The third-order valence-electron chi connectivity index (χ3n) is 3.60. The Kier molecular flexibility index (Phi) is 3.98. The third kappa shape index (κ3) is 2.71. The van der Waals surface area contributed by atoms with Crippen LogP contribution in [0.2, 0.25) is 0 Å². The Bertz CT molecular complexity index is 910. The molecule has 0 saturated carbocycles. The number of aromatic amines is 1. The molecule has 2 aromatic heterocycles. The zero-order valence-corrected chi connectivity index (χ0v) is 13.1. The lowest BCUT2D eigenvalue weighted by atomic mass is 10.1. The molecule has 0 fully saturated rings. The average molecular weight is 329 g/mol. The second kappa shape index (κ2) is 6.11. The Morgan fingerprint density at radius 3 is 2.67 bits per heavy atom. The molecule has 0 radical (unpaired) electrons. The number of benzene rings is 1. The molecular formula is C15H15N5O4. The number of esters is 1. The summed E-state index contributed by atoms with van der Waals surface area (Å²) < 4.78 is 6.66. The minimum atomic E-state index is -0.449. The van der Waals surface area contributed by atoms with E-state index in [9.17, 15) is 14.9 Å². The molecule has 0 unspecified atom stereocenters. The van der Waals surface area contributed by atoms with E-state index in [1.54, 1.807) is 30.5 Å². The Hall–Kier alpha value is -3.23. The fourth-order valence-electron chi connectivity index (χ4n) is 2.47. The van der Waals surface area contributed by atoms with E-state index in [2.05, 4.69) is 15.3 Å². The van der Waals surface area contributed by atoms with Crippen molar-refractivity contribution in [1.29, 1.82) is 0 Å². The quantitative estimate of drug-likeness (QED) is 0.435. The number of hydrogen-bond acceptors (Lipinski definition) is 6. The van der Waals surface area contributed by atoms with E-state index < -0.39 is 10.9 Å². The van der Waals surface area contributed by atoms with Crippen LogP contribution >= 0.6 is 0 Å². The Balaban J connectivity index is 1.92. The number of rotatable bonds is 5. The number of hydrogen-bond donors (Lipinski definition) is 1. The van der Waals surface area contributed by atoms with Gasteiger partial charge < -0.3 is 4.74 Å². The van der Waals surface area contributed by atoms with Gasteiger partial charge in [-0.05, 0) is 19.4 Å². The van der Waals surface area contributed by atoms with Gasteiger partial charge in [0.1, 0.15) is 5.56 Å². The van der Waals surface area contributed by atoms with Gasteiger partial charge in [-0.3, -0.25) is 15.2 Å². The highest BCUT2D eigenvalue weighted by Crippen LogP contribution is 2.19. The summed E-state index contributed by atoms with van der Waals surface area (Å²) in [4.78, 5) is 22.3. The summed E-state index contributed by atoms with van der Waals surface area (Å²) in [5.41, 5.74) is 2.29. The standard InChI is InChI=1S/C15H15N5O4/c1-3-24-15(21)13-9(2)18-19-12(16-17-14(13)19)8-10-4-6-11(7-5-10)20(22)23/h4-7,18H,3,8H2,1-2H3. The molecule has 0 aliphatic heterocycles. The second-order valence-electron chi connectivity index (χ2n) is 5.21. The number of carbonyl (C=O) groups excluding carboxylic acids is 1. The number of nitro benzene ring substituents is 1. The van der Waals surface area contributed by atoms with Crippen LogP contribution < -0.4 is 0 Å². The first-order chi connectivity index (χ1) is 11.5. The van der Waals surface area contributed by atoms with Gasteiger partial charge in [0, 0.05) is 24.2 Å². The number of fused-ring (bicyclic) bond motifs is 1. The van der Waals surface area contributed by atoms with Crippen molar-refractivity contribution in [3.05, 3.63) is 57.0 Å². The summed E-state index contributed by atoms with van der Waals surface area (Å²) in [6, 6.07) is 6.22. The first-order valence-corrected chi connectivity index (χ1v) is 7.34. The number of nitrogens with zero attached hydrogens (tertiary/aromatic N) is 4. The van der Waals surface area contributed by atoms with E-state index in [1.165, 1.54) is 12.1 Å². The van der Waals surface area contributed by atoms with E-state index in [0.29, 0.717) is 29.1 Å². The number of nitro groups is 1. The van der Waals surface area contributed by atoms with Crippen LogP contribution in [0.1, 0.15) is 34.4 Å². The molecule has 3 aromatic rings. The molecule has 1 aromatic carbocycles. The lowest BCUT2D eigenvalue weighted by Gasteiger charge is -1.99. The summed E-state index contributed by atoms with van der Waals surface area (Å²) in [6.07, 6.45) is 0.418. The molecule has 0 spiro atoms. The van der Waals surface area contributed by atoms with Crippen molar-refractivity contribution in [3.63, 3.8) is 0 Å². The Morgan fingerprint density at radius 2 is 2.04 bits per heavy atom. The fraction of sp³-hybridized carbons (Fsp3) is 0.267. The SMILES string of the molecule is CCOC(=O)c1c(C)[nH]n2c(Cc3ccc([N+](=O)[O-])cc3)nnc12. The van der Waals surface area contributed by atoms with E-state index in [1.807, 2.05) is 0 Å². The van der Waals surface area contributed by atoms with Gasteiger partial charge in [0.25, 0.3) is 5.69 Å². The minimum absolute atomic E-state index is 0.0328. The van der Waals surface area contributed by atoms with Gasteiger partial charge in [-0.1, -0.05) is 12.1 Å². The van der Waals surface area contributed by atoms with E-state index in [0.717, 1.165) is 5.56 Å². The number of H-pyrrole nitrogens is 1. The number of nitrogens with one attached hydrogen (secondary N) is 1. The zero-order chi connectivity index (χ0) is 17.3. The van der Waals surface area contributed by atoms with E-state index >= 15 is 0 Å². The van der Waals surface area contributed by atoms with Crippen LogP contribution in [0.15, 0.2) is 24.3 Å². The second-order valence-corrected chi connectivity index (χ2v) is 5.21. The molecule has 124 valence electrons. The normalized spacial score (nSPS) is 10.9. The van der Waals surface area contributed by atoms with Crippen molar-refractivity contribution in [2.45, 2.75) is 20.3 Å². The zero-order valence-electron chi connectivity index (χ0n) is 13.1. The Morgan fingerprint density at radius 1 is 1.33 bits per heavy atom. The smallest absolute Gasteiger partial charge is 0.343 e. The van der Waals surface area contributed by atoms with Crippen LogP contribution in [-0.2, 0) is 11.2 Å². The van der Waals surface area contributed by atoms with Crippen LogP contribution in [-0.4, -0.2) is 37.3 Å². The number of carbonyl (C=O) groups is 1. The molecule has 9 nitrogen and oxygen atoms in total. The van der Waals surface area contributed by atoms with Gasteiger partial charge >= 0.3 is 5.97 Å². The number of aromatic nitrogens is 4. The summed E-state index contributed by atoms with van der Waals surface area (Å²) in [5.74, 6) is 0.146. The third-order valence-corrected chi connectivity index (χ3v) is 3.60. The predicted molar refractivity (Wildman–Crippen MR) is 83.9 cm³/mol. The molecular weight excluding hydrogens is 314 g/mol. The van der Waals surface area contributed by atoms with Gasteiger partial charge in [-0.2, -0.15) is 0 Å². The number of non-ortho nitro benzene ring substituents is 1. The first-order valence-electron chi connectivity index (χ1n) is 7.34. The number of aryl methyl sites for hydroxylation is 1. The van der Waals surface area contributed by atoms with Crippen molar-refractivity contribution < 1.29 is 14.5 Å². The maximum Gasteiger partial charge on any atom is 0.343 e. The maximum atomic E-state index is 12.0. The van der Waals surface area contributed by atoms with Gasteiger partial charge in [0.05, 0.1) is 11.5 Å². The fourth-order valence-corrected chi connectivity index (χ4v) is 2.47. The van der Waals surface area contributed by atoms with Crippen molar-refractivity contribution in [1.82, 2.24) is 19.8 Å². The van der Waals surface area contributed by atoms with Crippen LogP contribution in [0.5, 0.6) is 0 Å². The molecule has 2 heterocycles. The highest BCUT2D eigenvalue weighted by molar-refractivity contribution is 5.97. The van der Waals surface area contributed by atoms with Gasteiger partial charge in [0.15, 0.2) is 11.5 Å². The van der Waals surface area contributed by atoms with Crippen molar-refractivity contribution in [2.75, 3.05) is 6.61 Å². The van der Waals surface area contributed by atoms with Crippen LogP contribution in [0.25, 0.3) is 5.65 Å². The predicted octanol–water partition coefficient (Wildman–Crippen LogP) is 2.04. The minimum Gasteiger partial charge on any atom is -0.462 e. The van der Waals surface area contributed by atoms with Gasteiger partial charge in [-0.25, -0.2) is 9.31 Å². The van der Waals surface area contributed by atoms with Gasteiger partial charge in [-0.15, -0.1) is 10.2 Å². The topological polar surface area (TPSA) is 115 Å². The van der Waals surface area contributed by atoms with Crippen molar-refractivity contribution in [3.8, 4) is 0 Å². The summed E-state index contributed by atoms with van der Waals surface area (Å²) in [7, 11) is 0. The average Bonchev–Trinajstić information content (AvgIpc) is 3.06. The molecule has 0 atom stereocenters. The highest BCUT2D eigenvalue weighted by atomic mass is 16.6. The molecule has 0 saturated heterocycles. The first kappa shape index (κ1) is 15.7. The van der Waals surface area contributed by atoms with Crippen LogP contribution in [0, 0.1) is 17.0 Å². The van der Waals surface area contributed by atoms with Crippen LogP contribution in [0.3, 0.4) is 0 Å². The summed E-state index contributed by atoms with van der Waals surface area (Å²) in [5, 5.41) is 21.9. The van der Waals surface area contributed by atoms with Crippen molar-refractivity contribution in [2.24, 2.45) is 0 Å².